The molecule has 2 aliphatic rings. The number of ether oxygens (including phenoxy) is 2. The monoisotopic (exact) mass is 235 g/mol. The van der Waals surface area contributed by atoms with Gasteiger partial charge in [0, 0.05) is 19.1 Å². The molecule has 0 saturated carbocycles. The molecule has 2 heterocycles. The minimum atomic E-state index is -0.0869. The number of nitrogens with zero attached hydrogens (tertiary/aromatic N) is 1. The van der Waals surface area contributed by atoms with E-state index < -0.39 is 0 Å². The topological polar surface area (TPSA) is 38.8 Å². The molecule has 2 atom stereocenters. The number of hydrogen-bond acceptors (Lipinski definition) is 4. The second kappa shape index (κ2) is 5.68. The molecule has 2 aliphatic heterocycles. The molecule has 88 valence electrons. The maximum absolute atomic E-state index is 11.1. The number of fused-ring (bicyclic) bond motifs is 2. The molecular weight excluding hydrogens is 218 g/mol. The van der Waals surface area contributed by atoms with Crippen molar-refractivity contribution >= 4 is 18.4 Å². The molecule has 0 aromatic heterocycles. The summed E-state index contributed by atoms with van der Waals surface area (Å²) < 4.78 is 10.4. The first-order chi connectivity index (χ1) is 6.79. The number of carbonyl (C=O) groups is 1. The van der Waals surface area contributed by atoms with Crippen molar-refractivity contribution in [2.75, 3.05) is 26.3 Å². The Kier molecular flexibility index (Phi) is 4.83. The Hall–Kier alpha value is -0.320. The Labute approximate surface area is 96.3 Å². The molecule has 0 aromatic carbocycles. The summed E-state index contributed by atoms with van der Waals surface area (Å²) in [5.74, 6) is -0.0869. The van der Waals surface area contributed by atoms with Gasteiger partial charge in [-0.25, -0.2) is 0 Å². The minimum absolute atomic E-state index is 0. The van der Waals surface area contributed by atoms with Gasteiger partial charge in [-0.3, -0.25) is 9.69 Å². The zero-order chi connectivity index (χ0) is 9.97. The average Bonchev–Trinajstić information content (AvgIpc) is 2.76. The number of hydrogen-bond donors (Lipinski definition) is 0. The molecule has 0 spiro atoms. The lowest BCUT2D eigenvalue weighted by atomic mass is 10.2. The van der Waals surface area contributed by atoms with E-state index in [-0.39, 0.29) is 18.4 Å². The van der Waals surface area contributed by atoms with E-state index >= 15 is 0 Å². The first kappa shape index (κ1) is 12.7. The molecule has 0 amide bonds. The Morgan fingerprint density at radius 3 is 2.93 bits per heavy atom. The fraction of sp³-hybridized carbons (Fsp3) is 0.900. The summed E-state index contributed by atoms with van der Waals surface area (Å²) >= 11 is 0. The first-order valence-electron chi connectivity index (χ1n) is 5.31. The van der Waals surface area contributed by atoms with Gasteiger partial charge in [0.25, 0.3) is 0 Å². The number of esters is 1. The van der Waals surface area contributed by atoms with Crippen LogP contribution in [0.3, 0.4) is 0 Å². The normalized spacial score (nSPS) is 28.9. The standard InChI is InChI=1S/C10H17NO3.ClH/c1-2-13-10(12)3-4-11-6-9-5-8(11)7-14-9;/h8-9H,2-7H2,1H3;1H. The highest BCUT2D eigenvalue weighted by Gasteiger charge is 2.38. The van der Waals surface area contributed by atoms with Crippen molar-refractivity contribution in [3.05, 3.63) is 0 Å². The van der Waals surface area contributed by atoms with Crippen LogP contribution >= 0.6 is 12.4 Å². The van der Waals surface area contributed by atoms with Gasteiger partial charge in [-0.15, -0.1) is 12.4 Å². The first-order valence-corrected chi connectivity index (χ1v) is 5.31. The van der Waals surface area contributed by atoms with E-state index in [0.29, 0.717) is 25.2 Å². The molecule has 2 unspecified atom stereocenters. The summed E-state index contributed by atoms with van der Waals surface area (Å²) in [6, 6.07) is 0.550. The van der Waals surface area contributed by atoms with E-state index in [1.54, 1.807) is 0 Å². The summed E-state index contributed by atoms with van der Waals surface area (Å²) in [5.41, 5.74) is 0. The predicted molar refractivity (Wildman–Crippen MR) is 58.2 cm³/mol. The third-order valence-electron chi connectivity index (χ3n) is 2.92. The number of likely N-dealkylation sites (tertiary alicyclic amines) is 1. The molecule has 5 heteroatoms. The lowest BCUT2D eigenvalue weighted by Crippen LogP contribution is -2.38. The largest absolute Gasteiger partial charge is 0.466 e. The molecular formula is C10H18ClNO3. The third kappa shape index (κ3) is 3.06. The van der Waals surface area contributed by atoms with E-state index in [2.05, 4.69) is 4.90 Å². The second-order valence-corrected chi connectivity index (χ2v) is 3.89. The molecule has 0 N–H and O–H groups in total. The fourth-order valence-electron chi connectivity index (χ4n) is 2.22. The van der Waals surface area contributed by atoms with Crippen LogP contribution in [0.25, 0.3) is 0 Å². The van der Waals surface area contributed by atoms with Gasteiger partial charge >= 0.3 is 5.97 Å². The van der Waals surface area contributed by atoms with Crippen LogP contribution in [0.15, 0.2) is 0 Å². The molecule has 2 fully saturated rings. The van der Waals surface area contributed by atoms with E-state index in [0.717, 1.165) is 26.1 Å². The molecule has 2 saturated heterocycles. The minimum Gasteiger partial charge on any atom is -0.466 e. The third-order valence-corrected chi connectivity index (χ3v) is 2.92. The number of halogens is 1. The zero-order valence-corrected chi connectivity index (χ0v) is 9.79. The maximum Gasteiger partial charge on any atom is 0.307 e. The van der Waals surface area contributed by atoms with Gasteiger partial charge in [-0.2, -0.15) is 0 Å². The highest BCUT2D eigenvalue weighted by Crippen LogP contribution is 2.27. The molecule has 0 aliphatic carbocycles. The van der Waals surface area contributed by atoms with Crippen molar-refractivity contribution in [1.82, 2.24) is 4.90 Å². The second-order valence-electron chi connectivity index (χ2n) is 3.89. The Balaban J connectivity index is 0.00000112. The van der Waals surface area contributed by atoms with Crippen LogP contribution in [0.2, 0.25) is 0 Å². The van der Waals surface area contributed by atoms with Gasteiger partial charge in [0.2, 0.25) is 0 Å². The Morgan fingerprint density at radius 2 is 2.40 bits per heavy atom. The van der Waals surface area contributed by atoms with Crippen molar-refractivity contribution in [3.63, 3.8) is 0 Å². The van der Waals surface area contributed by atoms with Crippen LogP contribution < -0.4 is 0 Å². The highest BCUT2D eigenvalue weighted by molar-refractivity contribution is 5.85. The van der Waals surface area contributed by atoms with Crippen LogP contribution in [-0.4, -0.2) is 49.3 Å². The van der Waals surface area contributed by atoms with Crippen molar-refractivity contribution < 1.29 is 14.3 Å². The van der Waals surface area contributed by atoms with Gasteiger partial charge in [0.1, 0.15) is 0 Å². The summed E-state index contributed by atoms with van der Waals surface area (Å²) in [4.78, 5) is 13.5. The van der Waals surface area contributed by atoms with Crippen molar-refractivity contribution in [3.8, 4) is 0 Å². The molecule has 2 bridgehead atoms. The smallest absolute Gasteiger partial charge is 0.307 e. The number of morpholine rings is 1. The number of rotatable bonds is 4. The highest BCUT2D eigenvalue weighted by atomic mass is 35.5. The van der Waals surface area contributed by atoms with Crippen molar-refractivity contribution in [2.45, 2.75) is 31.9 Å². The van der Waals surface area contributed by atoms with Crippen LogP contribution in [0, 0.1) is 0 Å². The fourth-order valence-corrected chi connectivity index (χ4v) is 2.22. The zero-order valence-electron chi connectivity index (χ0n) is 8.98. The van der Waals surface area contributed by atoms with Crippen LogP contribution in [0.5, 0.6) is 0 Å². The lowest BCUT2D eigenvalue weighted by molar-refractivity contribution is -0.143. The number of carbonyl (C=O) groups excluding carboxylic acids is 1. The van der Waals surface area contributed by atoms with Crippen LogP contribution in [0.4, 0.5) is 0 Å². The Bertz CT molecular complexity index is 225. The summed E-state index contributed by atoms with van der Waals surface area (Å²) in [5, 5.41) is 0. The maximum atomic E-state index is 11.1. The summed E-state index contributed by atoms with van der Waals surface area (Å²) in [7, 11) is 0. The van der Waals surface area contributed by atoms with Gasteiger partial charge in [0.15, 0.2) is 0 Å². The van der Waals surface area contributed by atoms with Crippen molar-refractivity contribution in [2.24, 2.45) is 0 Å². The van der Waals surface area contributed by atoms with E-state index in [1.165, 1.54) is 0 Å². The lowest BCUT2D eigenvalue weighted by Gasteiger charge is -2.25. The van der Waals surface area contributed by atoms with Gasteiger partial charge in [-0.05, 0) is 13.3 Å². The van der Waals surface area contributed by atoms with Crippen LogP contribution in [-0.2, 0) is 14.3 Å². The van der Waals surface area contributed by atoms with Gasteiger partial charge in [-0.1, -0.05) is 0 Å². The van der Waals surface area contributed by atoms with E-state index in [9.17, 15) is 4.79 Å². The molecule has 4 nitrogen and oxygen atoms in total. The van der Waals surface area contributed by atoms with Gasteiger partial charge < -0.3 is 9.47 Å². The summed E-state index contributed by atoms with van der Waals surface area (Å²) in [6.45, 7) is 4.97. The molecule has 2 rings (SSSR count). The van der Waals surface area contributed by atoms with Crippen LogP contribution in [0.1, 0.15) is 19.8 Å². The van der Waals surface area contributed by atoms with E-state index in [4.69, 9.17) is 9.47 Å². The molecule has 15 heavy (non-hydrogen) atoms. The Morgan fingerprint density at radius 1 is 1.60 bits per heavy atom. The van der Waals surface area contributed by atoms with Crippen molar-refractivity contribution in [1.29, 1.82) is 0 Å². The average molecular weight is 236 g/mol. The van der Waals surface area contributed by atoms with E-state index in [1.807, 2.05) is 6.92 Å². The SMILES string of the molecule is CCOC(=O)CCN1CC2CC1CO2.Cl. The molecule has 0 radical (unpaired) electrons. The molecule has 0 aromatic rings. The predicted octanol–water partition coefficient (Wildman–Crippen LogP) is 0.835. The summed E-state index contributed by atoms with van der Waals surface area (Å²) in [6.07, 6.45) is 2.07. The van der Waals surface area contributed by atoms with Gasteiger partial charge in [0.05, 0.1) is 25.7 Å². The quantitative estimate of drug-likeness (QED) is 0.677.